The van der Waals surface area contributed by atoms with Crippen molar-refractivity contribution in [3.05, 3.63) is 11.9 Å². The average molecular weight is 257 g/mol. The van der Waals surface area contributed by atoms with Gasteiger partial charge in [-0.3, -0.25) is 0 Å². The van der Waals surface area contributed by atoms with Gasteiger partial charge in [-0.15, -0.1) is 0 Å². The third-order valence-electron chi connectivity index (χ3n) is 2.11. The van der Waals surface area contributed by atoms with Gasteiger partial charge in [0.15, 0.2) is 0 Å². The van der Waals surface area contributed by atoms with E-state index in [0.29, 0.717) is 6.67 Å². The summed E-state index contributed by atoms with van der Waals surface area (Å²) < 4.78 is 5.01. The van der Waals surface area contributed by atoms with Crippen LogP contribution in [0.15, 0.2) is 11.9 Å². The Kier molecular flexibility index (Phi) is 4.41. The third-order valence-corrected chi connectivity index (χ3v) is 2.11. The molecule has 0 unspecified atom stereocenters. The van der Waals surface area contributed by atoms with Gasteiger partial charge in [0.05, 0.1) is 6.67 Å². The number of amides is 1. The number of aliphatic carboxylic acids is 1. The minimum atomic E-state index is -1.10. The van der Waals surface area contributed by atoms with Crippen LogP contribution in [0.25, 0.3) is 0 Å². The van der Waals surface area contributed by atoms with Crippen LogP contribution in [0.4, 0.5) is 4.79 Å². The summed E-state index contributed by atoms with van der Waals surface area (Å²) in [6.45, 7) is 5.71. The van der Waals surface area contributed by atoms with Crippen molar-refractivity contribution in [2.45, 2.75) is 38.8 Å². The Bertz CT molecular complexity index is 360. The van der Waals surface area contributed by atoms with Crippen LogP contribution < -0.4 is 16.0 Å². The Balaban J connectivity index is 2.52. The molecule has 0 radical (unpaired) electrons. The van der Waals surface area contributed by atoms with Crippen molar-refractivity contribution in [3.63, 3.8) is 0 Å². The van der Waals surface area contributed by atoms with Crippen molar-refractivity contribution in [1.29, 1.82) is 0 Å². The first-order valence-electron chi connectivity index (χ1n) is 5.66. The second kappa shape index (κ2) is 5.61. The van der Waals surface area contributed by atoms with Gasteiger partial charge in [0.1, 0.15) is 11.6 Å². The van der Waals surface area contributed by atoms with Gasteiger partial charge >= 0.3 is 12.1 Å². The monoisotopic (exact) mass is 257 g/mol. The van der Waals surface area contributed by atoms with Crippen molar-refractivity contribution < 1.29 is 19.4 Å². The van der Waals surface area contributed by atoms with E-state index < -0.39 is 23.7 Å². The van der Waals surface area contributed by atoms with Gasteiger partial charge in [0.2, 0.25) is 0 Å². The van der Waals surface area contributed by atoms with Crippen LogP contribution in [0.3, 0.4) is 0 Å². The fourth-order valence-electron chi connectivity index (χ4n) is 1.39. The zero-order valence-electron chi connectivity index (χ0n) is 10.7. The highest BCUT2D eigenvalue weighted by atomic mass is 16.6. The molecule has 1 rings (SSSR count). The van der Waals surface area contributed by atoms with Crippen molar-refractivity contribution in [1.82, 2.24) is 16.0 Å². The number of ether oxygens (including phenoxy) is 1. The van der Waals surface area contributed by atoms with Crippen molar-refractivity contribution >= 4 is 12.1 Å². The van der Waals surface area contributed by atoms with E-state index in [1.807, 2.05) is 0 Å². The second-order valence-corrected chi connectivity index (χ2v) is 4.97. The molecule has 0 aromatic heterocycles. The van der Waals surface area contributed by atoms with Crippen LogP contribution in [0.2, 0.25) is 0 Å². The van der Waals surface area contributed by atoms with E-state index in [2.05, 4.69) is 16.0 Å². The highest BCUT2D eigenvalue weighted by Crippen LogP contribution is 2.09. The Labute approximate surface area is 106 Å². The molecule has 1 heterocycles. The van der Waals surface area contributed by atoms with E-state index in [-0.39, 0.29) is 6.42 Å². The van der Waals surface area contributed by atoms with Gasteiger partial charge < -0.3 is 25.8 Å². The van der Waals surface area contributed by atoms with Crippen LogP contribution in [0.5, 0.6) is 0 Å². The van der Waals surface area contributed by atoms with Gasteiger partial charge in [-0.1, -0.05) is 0 Å². The van der Waals surface area contributed by atoms with E-state index in [9.17, 15) is 9.59 Å². The van der Waals surface area contributed by atoms with E-state index in [1.54, 1.807) is 27.0 Å². The van der Waals surface area contributed by atoms with Gasteiger partial charge in [-0.2, -0.15) is 0 Å². The summed E-state index contributed by atoms with van der Waals surface area (Å²) >= 11 is 0. The molecular formula is C11H19N3O4. The Morgan fingerprint density at radius 3 is 2.67 bits per heavy atom. The number of hydrogen-bond acceptors (Lipinski definition) is 5. The fraction of sp³-hybridized carbons (Fsp3) is 0.636. The predicted molar refractivity (Wildman–Crippen MR) is 64.6 cm³/mol. The number of alkyl carbamates (subject to hydrolysis) is 1. The summed E-state index contributed by atoms with van der Waals surface area (Å²) in [6, 6.07) is -1.02. The van der Waals surface area contributed by atoms with Crippen molar-refractivity contribution in [3.8, 4) is 0 Å². The molecular weight excluding hydrogens is 238 g/mol. The lowest BCUT2D eigenvalue weighted by Gasteiger charge is -2.22. The number of rotatable bonds is 4. The number of carbonyl (C=O) groups excluding carboxylic acids is 1. The lowest BCUT2D eigenvalue weighted by Crippen LogP contribution is -2.44. The molecule has 0 aromatic carbocycles. The van der Waals surface area contributed by atoms with E-state index in [0.717, 1.165) is 5.70 Å². The van der Waals surface area contributed by atoms with E-state index in [1.165, 1.54) is 0 Å². The summed E-state index contributed by atoms with van der Waals surface area (Å²) in [5.41, 5.74) is 0.0815. The molecule has 7 nitrogen and oxygen atoms in total. The minimum absolute atomic E-state index is 0.182. The molecule has 1 atom stereocenters. The maximum atomic E-state index is 11.5. The molecule has 18 heavy (non-hydrogen) atoms. The molecule has 1 amide bonds. The van der Waals surface area contributed by atoms with Crippen LogP contribution in [-0.2, 0) is 9.53 Å². The molecule has 0 saturated heterocycles. The molecule has 1 aliphatic heterocycles. The van der Waals surface area contributed by atoms with Gasteiger partial charge in [0, 0.05) is 18.3 Å². The predicted octanol–water partition coefficient (Wildman–Crippen LogP) is 0.346. The largest absolute Gasteiger partial charge is 0.480 e. The lowest BCUT2D eigenvalue weighted by molar-refractivity contribution is -0.139. The Hall–Kier alpha value is -1.92. The average Bonchev–Trinajstić information content (AvgIpc) is 2.66. The Morgan fingerprint density at radius 1 is 1.56 bits per heavy atom. The van der Waals surface area contributed by atoms with Crippen LogP contribution in [0, 0.1) is 0 Å². The summed E-state index contributed by atoms with van der Waals surface area (Å²) in [7, 11) is 0. The van der Waals surface area contributed by atoms with Gasteiger partial charge in [-0.25, -0.2) is 9.59 Å². The molecule has 0 fully saturated rings. The second-order valence-electron chi connectivity index (χ2n) is 4.97. The highest BCUT2D eigenvalue weighted by molar-refractivity contribution is 5.80. The molecule has 0 aliphatic carbocycles. The first-order valence-corrected chi connectivity index (χ1v) is 5.66. The summed E-state index contributed by atoms with van der Waals surface area (Å²) in [4.78, 5) is 22.5. The topological polar surface area (TPSA) is 99.7 Å². The molecule has 102 valence electrons. The summed E-state index contributed by atoms with van der Waals surface area (Å²) in [5, 5.41) is 17.2. The number of carboxylic acid groups (broad SMARTS) is 1. The summed E-state index contributed by atoms with van der Waals surface area (Å²) in [6.07, 6.45) is 1.13. The molecule has 1 aliphatic rings. The fourth-order valence-corrected chi connectivity index (χ4v) is 1.39. The van der Waals surface area contributed by atoms with Crippen LogP contribution in [0.1, 0.15) is 27.2 Å². The maximum Gasteiger partial charge on any atom is 0.408 e. The first kappa shape index (κ1) is 14.1. The number of nitrogens with one attached hydrogen (secondary N) is 3. The first-order chi connectivity index (χ1) is 8.28. The van der Waals surface area contributed by atoms with Gasteiger partial charge in [-0.05, 0) is 20.8 Å². The van der Waals surface area contributed by atoms with Crippen molar-refractivity contribution in [2.75, 3.05) is 6.67 Å². The third kappa shape index (κ3) is 4.94. The quantitative estimate of drug-likeness (QED) is 0.580. The molecule has 7 heteroatoms. The number of carbonyl (C=O) groups is 2. The van der Waals surface area contributed by atoms with Crippen molar-refractivity contribution in [2.24, 2.45) is 0 Å². The zero-order valence-corrected chi connectivity index (χ0v) is 10.7. The number of carboxylic acids is 1. The maximum absolute atomic E-state index is 11.5. The molecule has 0 spiro atoms. The Morgan fingerprint density at radius 2 is 2.22 bits per heavy atom. The zero-order chi connectivity index (χ0) is 13.8. The van der Waals surface area contributed by atoms with Crippen LogP contribution in [-0.4, -0.2) is 35.5 Å². The van der Waals surface area contributed by atoms with Crippen LogP contribution >= 0.6 is 0 Å². The summed E-state index contributed by atoms with van der Waals surface area (Å²) in [5.74, 6) is -1.10. The standard InChI is InChI=1S/C11H19N3O4/c1-11(2,3)18-10(17)14-8(9(15)16)4-7-5-12-6-13-7/h5,8,12-13H,4,6H2,1-3H3,(H,14,17)(H,15,16)/t8-/m1/s1. The molecule has 0 saturated carbocycles. The van der Waals surface area contributed by atoms with E-state index >= 15 is 0 Å². The lowest BCUT2D eigenvalue weighted by atomic mass is 10.1. The van der Waals surface area contributed by atoms with Gasteiger partial charge in [0.25, 0.3) is 0 Å². The molecule has 4 N–H and O–H groups in total. The smallest absolute Gasteiger partial charge is 0.408 e. The normalized spacial score (nSPS) is 16.1. The minimum Gasteiger partial charge on any atom is -0.480 e. The highest BCUT2D eigenvalue weighted by Gasteiger charge is 2.25. The van der Waals surface area contributed by atoms with E-state index in [4.69, 9.17) is 9.84 Å². The number of hydrogen-bond donors (Lipinski definition) is 4. The SMILES string of the molecule is CC(C)(C)OC(=O)N[C@H](CC1=CNCN1)C(=O)O. The molecule has 0 aromatic rings. The molecule has 0 bridgehead atoms.